The fraction of sp³-hybridized carbons (Fsp3) is 0. The predicted molar refractivity (Wildman–Crippen MR) is 45.4 cm³/mol. The molecule has 0 aliphatic heterocycles. The first-order valence-electron chi connectivity index (χ1n) is 3.09. The van der Waals surface area contributed by atoms with E-state index < -0.39 is 0 Å². The average Bonchev–Trinajstić information content (AvgIpc) is 2.50. The van der Waals surface area contributed by atoms with Crippen molar-refractivity contribution in [1.82, 2.24) is 8.75 Å². The van der Waals surface area contributed by atoms with Crippen molar-refractivity contribution in [2.24, 2.45) is 0 Å². The number of hydrogen-bond acceptors (Lipinski definition) is 3. The van der Waals surface area contributed by atoms with Gasteiger partial charge in [-0.25, -0.2) is 0 Å². The van der Waals surface area contributed by atoms with E-state index in [-0.39, 0.29) is 0 Å². The first-order valence-corrected chi connectivity index (χ1v) is 3.82. The molecule has 2 aromatic rings. The van der Waals surface area contributed by atoms with E-state index >= 15 is 0 Å². The van der Waals surface area contributed by atoms with Gasteiger partial charge in [-0.2, -0.15) is 8.75 Å². The van der Waals surface area contributed by atoms with E-state index in [4.69, 9.17) is 6.42 Å². The largest absolute Gasteiger partial charge is 0.173 e. The van der Waals surface area contributed by atoms with Crippen LogP contribution in [0.2, 0.25) is 0 Å². The molecule has 0 radical (unpaired) electrons. The van der Waals surface area contributed by atoms with Crippen LogP contribution in [0.5, 0.6) is 0 Å². The zero-order valence-electron chi connectivity index (χ0n) is 5.61. The molecule has 0 saturated carbocycles. The molecule has 0 aliphatic rings. The summed E-state index contributed by atoms with van der Waals surface area (Å²) in [7, 11) is 0. The Hall–Kier alpha value is -1.40. The van der Waals surface area contributed by atoms with Gasteiger partial charge in [-0.1, -0.05) is 5.92 Å². The molecule has 2 rings (SSSR count). The minimum Gasteiger partial charge on any atom is -0.173 e. The number of benzene rings is 1. The minimum absolute atomic E-state index is 0.852. The number of hydrogen-bond donors (Lipinski definition) is 0. The van der Waals surface area contributed by atoms with Crippen LogP contribution < -0.4 is 0 Å². The van der Waals surface area contributed by atoms with Crippen LogP contribution in [0.15, 0.2) is 18.2 Å². The second-order valence-electron chi connectivity index (χ2n) is 2.11. The Balaban J connectivity index is 2.79. The van der Waals surface area contributed by atoms with Gasteiger partial charge in [0.1, 0.15) is 11.0 Å². The standard InChI is InChI=1S/C8H4N2S/c1-2-6-3-4-7-8(5-6)10-11-9-7/h1,3-5H. The summed E-state index contributed by atoms with van der Waals surface area (Å²) in [5.41, 5.74) is 2.64. The lowest BCUT2D eigenvalue weighted by Gasteiger charge is -1.86. The van der Waals surface area contributed by atoms with Crippen LogP contribution in [0, 0.1) is 12.3 Å². The van der Waals surface area contributed by atoms with Gasteiger partial charge >= 0.3 is 0 Å². The van der Waals surface area contributed by atoms with E-state index in [1.165, 1.54) is 11.7 Å². The number of aromatic nitrogens is 2. The maximum atomic E-state index is 5.21. The molecule has 0 N–H and O–H groups in total. The number of rotatable bonds is 0. The quantitative estimate of drug-likeness (QED) is 0.548. The smallest absolute Gasteiger partial charge is 0.106 e. The lowest BCUT2D eigenvalue weighted by Crippen LogP contribution is -1.73. The normalized spacial score (nSPS) is 9.73. The Morgan fingerprint density at radius 1 is 1.27 bits per heavy atom. The molecule has 3 heteroatoms. The highest BCUT2D eigenvalue weighted by atomic mass is 32.1. The fourth-order valence-electron chi connectivity index (χ4n) is 0.872. The molecule has 1 aromatic heterocycles. The molecule has 1 heterocycles. The van der Waals surface area contributed by atoms with E-state index in [1.807, 2.05) is 18.2 Å². The van der Waals surface area contributed by atoms with E-state index in [0.29, 0.717) is 0 Å². The van der Waals surface area contributed by atoms with Crippen LogP contribution >= 0.6 is 11.7 Å². The maximum Gasteiger partial charge on any atom is 0.106 e. The van der Waals surface area contributed by atoms with E-state index in [2.05, 4.69) is 14.7 Å². The number of fused-ring (bicyclic) bond motifs is 1. The third-order valence-corrected chi connectivity index (χ3v) is 1.98. The second-order valence-corrected chi connectivity index (χ2v) is 2.64. The van der Waals surface area contributed by atoms with Crippen molar-refractivity contribution in [3.8, 4) is 12.3 Å². The van der Waals surface area contributed by atoms with Crippen LogP contribution in [-0.2, 0) is 0 Å². The maximum absolute atomic E-state index is 5.21. The number of nitrogens with zero attached hydrogens (tertiary/aromatic N) is 2. The molecule has 0 fully saturated rings. The predicted octanol–water partition coefficient (Wildman–Crippen LogP) is 1.67. The second kappa shape index (κ2) is 2.33. The molecule has 0 saturated heterocycles. The molecule has 2 nitrogen and oxygen atoms in total. The van der Waals surface area contributed by atoms with Gasteiger partial charge < -0.3 is 0 Å². The molecule has 0 atom stereocenters. The summed E-state index contributed by atoms with van der Waals surface area (Å²) < 4.78 is 8.12. The topological polar surface area (TPSA) is 25.8 Å². The summed E-state index contributed by atoms with van der Waals surface area (Å²) in [6, 6.07) is 5.61. The Labute approximate surface area is 68.2 Å². The van der Waals surface area contributed by atoms with Crippen molar-refractivity contribution in [2.45, 2.75) is 0 Å². The van der Waals surface area contributed by atoms with Gasteiger partial charge in [-0.05, 0) is 18.2 Å². The zero-order valence-corrected chi connectivity index (χ0v) is 6.43. The summed E-state index contributed by atoms with van der Waals surface area (Å²) in [4.78, 5) is 0. The van der Waals surface area contributed by atoms with Gasteiger partial charge in [-0.3, -0.25) is 0 Å². The van der Waals surface area contributed by atoms with Gasteiger partial charge in [-0.15, -0.1) is 6.42 Å². The molecule has 0 aliphatic carbocycles. The van der Waals surface area contributed by atoms with Crippen molar-refractivity contribution < 1.29 is 0 Å². The van der Waals surface area contributed by atoms with Crippen LogP contribution in [0.25, 0.3) is 11.0 Å². The Bertz CT molecular complexity index is 425. The van der Waals surface area contributed by atoms with Crippen molar-refractivity contribution >= 4 is 22.8 Å². The molecule has 52 valence electrons. The molecule has 0 amide bonds. The molecular weight excluding hydrogens is 156 g/mol. The first kappa shape index (κ1) is 6.32. The Kier molecular flexibility index (Phi) is 1.34. The van der Waals surface area contributed by atoms with E-state index in [0.717, 1.165) is 16.6 Å². The molecule has 11 heavy (non-hydrogen) atoms. The van der Waals surface area contributed by atoms with Gasteiger partial charge in [0.25, 0.3) is 0 Å². The SMILES string of the molecule is C#Cc1ccc2nsnc2c1. The third kappa shape index (κ3) is 0.975. The van der Waals surface area contributed by atoms with Gasteiger partial charge in [0.05, 0.1) is 11.7 Å². The third-order valence-electron chi connectivity index (χ3n) is 1.42. The molecule has 0 spiro atoms. The van der Waals surface area contributed by atoms with Crippen molar-refractivity contribution in [3.63, 3.8) is 0 Å². The van der Waals surface area contributed by atoms with Crippen LogP contribution in [0.3, 0.4) is 0 Å². The van der Waals surface area contributed by atoms with Crippen LogP contribution in [-0.4, -0.2) is 8.75 Å². The lowest BCUT2D eigenvalue weighted by atomic mass is 10.2. The molecular formula is C8H4N2S. The van der Waals surface area contributed by atoms with Crippen molar-refractivity contribution in [3.05, 3.63) is 23.8 Å². The summed E-state index contributed by atoms with van der Waals surface area (Å²) in [5, 5.41) is 0. The molecule has 0 unspecified atom stereocenters. The van der Waals surface area contributed by atoms with Gasteiger partial charge in [0.2, 0.25) is 0 Å². The monoisotopic (exact) mass is 160 g/mol. The highest BCUT2D eigenvalue weighted by Crippen LogP contribution is 2.12. The highest BCUT2D eigenvalue weighted by Gasteiger charge is 1.96. The minimum atomic E-state index is 0.852. The Morgan fingerprint density at radius 2 is 2.09 bits per heavy atom. The summed E-state index contributed by atoms with van der Waals surface area (Å²) >= 11 is 1.20. The van der Waals surface area contributed by atoms with E-state index in [1.54, 1.807) is 0 Å². The fourth-order valence-corrected chi connectivity index (χ4v) is 1.39. The summed E-state index contributed by atoms with van der Waals surface area (Å²) in [6.45, 7) is 0. The van der Waals surface area contributed by atoms with Crippen LogP contribution in [0.1, 0.15) is 5.56 Å². The Morgan fingerprint density at radius 3 is 2.91 bits per heavy atom. The molecule has 0 bridgehead atoms. The lowest BCUT2D eigenvalue weighted by molar-refractivity contribution is 1.61. The van der Waals surface area contributed by atoms with Crippen LogP contribution in [0.4, 0.5) is 0 Å². The first-order chi connectivity index (χ1) is 5.40. The van der Waals surface area contributed by atoms with Gasteiger partial charge in [0, 0.05) is 5.56 Å². The van der Waals surface area contributed by atoms with Crippen molar-refractivity contribution in [2.75, 3.05) is 0 Å². The summed E-state index contributed by atoms with van der Waals surface area (Å²) in [6.07, 6.45) is 5.21. The van der Waals surface area contributed by atoms with Gasteiger partial charge in [0.15, 0.2) is 0 Å². The molecule has 1 aromatic carbocycles. The zero-order chi connectivity index (χ0) is 7.68. The average molecular weight is 160 g/mol. The number of terminal acetylenes is 1. The van der Waals surface area contributed by atoms with Crippen molar-refractivity contribution in [1.29, 1.82) is 0 Å². The van der Waals surface area contributed by atoms with E-state index in [9.17, 15) is 0 Å². The summed E-state index contributed by atoms with van der Waals surface area (Å²) in [5.74, 6) is 2.55. The highest BCUT2D eigenvalue weighted by molar-refractivity contribution is 7.00.